The van der Waals surface area contributed by atoms with E-state index in [1.165, 1.54) is 11.8 Å². The smallest absolute Gasteiger partial charge is 0.313 e. The second kappa shape index (κ2) is 6.27. The highest BCUT2D eigenvalue weighted by atomic mass is 32.2. The van der Waals surface area contributed by atoms with Crippen molar-refractivity contribution in [2.75, 3.05) is 19.0 Å². The third-order valence-corrected chi connectivity index (χ3v) is 3.80. The van der Waals surface area contributed by atoms with Gasteiger partial charge in [0.25, 0.3) is 0 Å². The molecule has 0 saturated carbocycles. The molecule has 0 radical (unpaired) electrons. The number of carbonyl (C=O) groups is 1. The number of aryl methyl sites for hydroxylation is 2. The normalized spacial score (nSPS) is 11.3. The van der Waals surface area contributed by atoms with Gasteiger partial charge in [-0.1, -0.05) is 11.8 Å². The number of hydrogen-bond acceptors (Lipinski definition) is 5. The van der Waals surface area contributed by atoms with E-state index >= 15 is 0 Å². The van der Waals surface area contributed by atoms with Crippen molar-refractivity contribution in [3.8, 4) is 0 Å². The Bertz CT molecular complexity index is 620. The molecule has 0 unspecified atom stereocenters. The van der Waals surface area contributed by atoms with Crippen molar-refractivity contribution in [2.45, 2.75) is 25.5 Å². The number of rotatable bonds is 7. The van der Waals surface area contributed by atoms with E-state index in [-0.39, 0.29) is 5.75 Å². The number of aromatic nitrogens is 4. The summed E-state index contributed by atoms with van der Waals surface area (Å²) in [5.41, 5.74) is 2.56. The van der Waals surface area contributed by atoms with E-state index in [1.54, 1.807) is 4.68 Å². The molecule has 0 aromatic carbocycles. The number of imidazole rings is 1. The zero-order chi connectivity index (χ0) is 14.7. The molecule has 2 heterocycles. The molecule has 0 fully saturated rings. The number of ether oxygens (including phenoxy) is 1. The zero-order valence-electron chi connectivity index (χ0n) is 11.8. The summed E-state index contributed by atoms with van der Waals surface area (Å²) in [6.07, 6.45) is 0. The van der Waals surface area contributed by atoms with Gasteiger partial charge in [-0.25, -0.2) is 4.98 Å². The van der Waals surface area contributed by atoms with E-state index in [4.69, 9.17) is 9.84 Å². The average molecular weight is 298 g/mol. The van der Waals surface area contributed by atoms with E-state index in [9.17, 15) is 4.79 Å². The Morgan fingerprint density at radius 1 is 1.50 bits per heavy atom. The summed E-state index contributed by atoms with van der Waals surface area (Å²) in [4.78, 5) is 15.2. The lowest BCUT2D eigenvalue weighted by Crippen LogP contribution is -2.10. The minimum atomic E-state index is -0.853. The number of carboxylic acid groups (broad SMARTS) is 1. The van der Waals surface area contributed by atoms with Crippen LogP contribution in [0.25, 0.3) is 11.2 Å². The lowest BCUT2D eigenvalue weighted by molar-refractivity contribution is -0.133. The van der Waals surface area contributed by atoms with Crippen molar-refractivity contribution in [2.24, 2.45) is 7.05 Å². The summed E-state index contributed by atoms with van der Waals surface area (Å²) >= 11 is 1.22. The lowest BCUT2D eigenvalue weighted by atomic mass is 10.4. The molecule has 7 nitrogen and oxygen atoms in total. The quantitative estimate of drug-likeness (QED) is 0.613. The van der Waals surface area contributed by atoms with Gasteiger partial charge in [0.2, 0.25) is 0 Å². The minimum Gasteiger partial charge on any atom is -0.481 e. The summed E-state index contributed by atoms with van der Waals surface area (Å²) < 4.78 is 9.12. The number of nitrogens with zero attached hydrogens (tertiary/aromatic N) is 4. The SMILES string of the molecule is CCOCCn1c(SCC(=O)O)nc2c(C)nn(C)c21. The van der Waals surface area contributed by atoms with Crippen LogP contribution in [0.3, 0.4) is 0 Å². The predicted octanol–water partition coefficient (Wildman–Crippen LogP) is 1.29. The first-order chi connectivity index (χ1) is 9.54. The first-order valence-electron chi connectivity index (χ1n) is 6.36. The first-order valence-corrected chi connectivity index (χ1v) is 7.35. The van der Waals surface area contributed by atoms with E-state index in [0.717, 1.165) is 16.9 Å². The van der Waals surface area contributed by atoms with Crippen LogP contribution < -0.4 is 0 Å². The Morgan fingerprint density at radius 3 is 2.90 bits per heavy atom. The average Bonchev–Trinajstić information content (AvgIpc) is 2.87. The summed E-state index contributed by atoms with van der Waals surface area (Å²) in [6.45, 7) is 5.68. The molecule has 1 N–H and O–H groups in total. The Labute approximate surface area is 120 Å². The highest BCUT2D eigenvalue weighted by molar-refractivity contribution is 7.99. The topological polar surface area (TPSA) is 82.2 Å². The van der Waals surface area contributed by atoms with Crippen LogP contribution >= 0.6 is 11.8 Å². The van der Waals surface area contributed by atoms with Crippen LogP contribution in [0.2, 0.25) is 0 Å². The fraction of sp³-hybridized carbons (Fsp3) is 0.583. The molecular weight excluding hydrogens is 280 g/mol. The van der Waals surface area contributed by atoms with E-state index in [2.05, 4.69) is 10.1 Å². The summed E-state index contributed by atoms with van der Waals surface area (Å²) in [5, 5.41) is 13.8. The van der Waals surface area contributed by atoms with Gasteiger partial charge in [0.05, 0.1) is 24.6 Å². The van der Waals surface area contributed by atoms with Crippen LogP contribution in [-0.2, 0) is 23.1 Å². The van der Waals surface area contributed by atoms with E-state index in [0.29, 0.717) is 24.9 Å². The number of hydrogen-bond donors (Lipinski definition) is 1. The van der Waals surface area contributed by atoms with Crippen molar-refractivity contribution in [1.82, 2.24) is 19.3 Å². The predicted molar refractivity (Wildman–Crippen MR) is 76.1 cm³/mol. The molecule has 20 heavy (non-hydrogen) atoms. The molecule has 0 aliphatic carbocycles. The van der Waals surface area contributed by atoms with Crippen LogP contribution in [0.5, 0.6) is 0 Å². The number of aliphatic carboxylic acids is 1. The maximum atomic E-state index is 10.7. The molecule has 2 rings (SSSR count). The Morgan fingerprint density at radius 2 is 2.25 bits per heavy atom. The van der Waals surface area contributed by atoms with Gasteiger partial charge in [-0.3, -0.25) is 9.48 Å². The van der Waals surface area contributed by atoms with Gasteiger partial charge in [0.1, 0.15) is 5.52 Å². The molecule has 2 aromatic heterocycles. The van der Waals surface area contributed by atoms with Gasteiger partial charge >= 0.3 is 5.97 Å². The van der Waals surface area contributed by atoms with Crippen LogP contribution in [0, 0.1) is 6.92 Å². The van der Waals surface area contributed by atoms with Crippen molar-refractivity contribution >= 4 is 28.9 Å². The molecular formula is C12H18N4O3S. The van der Waals surface area contributed by atoms with E-state index in [1.807, 2.05) is 25.5 Å². The summed E-state index contributed by atoms with van der Waals surface area (Å²) in [5.74, 6) is -0.863. The maximum Gasteiger partial charge on any atom is 0.313 e. The summed E-state index contributed by atoms with van der Waals surface area (Å²) in [6, 6.07) is 0. The fourth-order valence-corrected chi connectivity index (χ4v) is 2.80. The summed E-state index contributed by atoms with van der Waals surface area (Å²) in [7, 11) is 1.86. The lowest BCUT2D eigenvalue weighted by Gasteiger charge is -2.08. The van der Waals surface area contributed by atoms with Crippen LogP contribution in [-0.4, -0.2) is 49.4 Å². The number of thioether (sulfide) groups is 1. The van der Waals surface area contributed by atoms with Gasteiger partial charge < -0.3 is 14.4 Å². The second-order valence-corrected chi connectivity index (χ2v) is 5.25. The molecule has 0 atom stereocenters. The van der Waals surface area contributed by atoms with Crippen molar-refractivity contribution in [3.05, 3.63) is 5.69 Å². The molecule has 8 heteroatoms. The fourth-order valence-electron chi connectivity index (χ4n) is 2.05. The molecule has 0 aliphatic rings. The standard InChI is InChI=1S/C12H18N4O3S/c1-4-19-6-5-16-11-10(8(2)14-15(11)3)13-12(16)20-7-9(17)18/h4-7H2,1-3H3,(H,17,18). The molecule has 0 saturated heterocycles. The van der Waals surface area contributed by atoms with Crippen LogP contribution in [0.15, 0.2) is 5.16 Å². The third kappa shape index (κ3) is 2.96. The monoisotopic (exact) mass is 298 g/mol. The molecule has 0 aliphatic heterocycles. The number of carboxylic acids is 1. The van der Waals surface area contributed by atoms with Crippen molar-refractivity contribution in [3.63, 3.8) is 0 Å². The van der Waals surface area contributed by atoms with Gasteiger partial charge in [-0.15, -0.1) is 0 Å². The van der Waals surface area contributed by atoms with Gasteiger partial charge in [0.15, 0.2) is 10.8 Å². The molecule has 0 spiro atoms. The van der Waals surface area contributed by atoms with Gasteiger partial charge in [-0.2, -0.15) is 5.10 Å². The minimum absolute atomic E-state index is 0.00949. The van der Waals surface area contributed by atoms with Crippen molar-refractivity contribution in [1.29, 1.82) is 0 Å². The molecule has 0 bridgehead atoms. The Kier molecular flexibility index (Phi) is 4.66. The molecule has 2 aromatic rings. The van der Waals surface area contributed by atoms with Crippen LogP contribution in [0.4, 0.5) is 0 Å². The number of fused-ring (bicyclic) bond motifs is 1. The third-order valence-electron chi connectivity index (χ3n) is 2.84. The van der Waals surface area contributed by atoms with Crippen LogP contribution in [0.1, 0.15) is 12.6 Å². The first kappa shape index (κ1) is 14.9. The largest absolute Gasteiger partial charge is 0.481 e. The second-order valence-electron chi connectivity index (χ2n) is 4.31. The highest BCUT2D eigenvalue weighted by Crippen LogP contribution is 2.25. The molecule has 110 valence electrons. The zero-order valence-corrected chi connectivity index (χ0v) is 12.6. The van der Waals surface area contributed by atoms with Gasteiger partial charge in [0, 0.05) is 13.7 Å². The molecule has 0 amide bonds. The van der Waals surface area contributed by atoms with E-state index < -0.39 is 5.97 Å². The highest BCUT2D eigenvalue weighted by Gasteiger charge is 2.18. The Balaban J connectivity index is 2.35. The van der Waals surface area contributed by atoms with Gasteiger partial charge in [-0.05, 0) is 13.8 Å². The Hall–Kier alpha value is -1.54. The van der Waals surface area contributed by atoms with Crippen molar-refractivity contribution < 1.29 is 14.6 Å². The maximum absolute atomic E-state index is 10.7.